The maximum Gasteiger partial charge on any atom is 0.0903 e. The van der Waals surface area contributed by atoms with Gasteiger partial charge in [-0.05, 0) is 55.6 Å². The van der Waals surface area contributed by atoms with Crippen molar-refractivity contribution in [1.82, 2.24) is 0 Å². The Bertz CT molecular complexity index is 561. The number of aryl methyl sites for hydroxylation is 1. The average Bonchev–Trinajstić information content (AvgIpc) is 2.69. The summed E-state index contributed by atoms with van der Waals surface area (Å²) in [6.45, 7) is 2.26. The lowest BCUT2D eigenvalue weighted by atomic mass is 9.60. The Morgan fingerprint density at radius 1 is 1.14 bits per heavy atom. The van der Waals surface area contributed by atoms with Gasteiger partial charge in [-0.1, -0.05) is 44.0 Å². The molecule has 2 aliphatic rings. The van der Waals surface area contributed by atoms with E-state index in [4.69, 9.17) is 0 Å². The molecule has 0 radical (unpaired) electrons. The van der Waals surface area contributed by atoms with Gasteiger partial charge in [-0.15, -0.1) is 0 Å². The summed E-state index contributed by atoms with van der Waals surface area (Å²) < 4.78 is 0. The van der Waals surface area contributed by atoms with Crippen molar-refractivity contribution in [3.63, 3.8) is 0 Å². The summed E-state index contributed by atoms with van der Waals surface area (Å²) in [5.41, 5.74) is 1.22. The molecule has 2 aliphatic carbocycles. The van der Waals surface area contributed by atoms with E-state index in [0.29, 0.717) is 12.3 Å². The van der Waals surface area contributed by atoms with Crippen LogP contribution in [0.25, 0.3) is 0 Å². The lowest BCUT2D eigenvalue weighted by molar-refractivity contribution is -0.0744. The number of fused-ring (bicyclic) bond motifs is 1. The normalized spacial score (nSPS) is 36.3. The number of rotatable bonds is 1. The summed E-state index contributed by atoms with van der Waals surface area (Å²) in [6.07, 6.45) is 7.26. The zero-order chi connectivity index (χ0) is 14.9. The molecule has 0 aromatic heterocycles. The van der Waals surface area contributed by atoms with Gasteiger partial charge in [-0.3, -0.25) is 0 Å². The molecule has 3 atom stereocenters. The van der Waals surface area contributed by atoms with Crippen LogP contribution in [0.2, 0.25) is 0 Å². The third kappa shape index (κ3) is 2.49. The zero-order valence-corrected chi connectivity index (χ0v) is 12.9. The van der Waals surface area contributed by atoms with Gasteiger partial charge in [0.25, 0.3) is 0 Å². The van der Waals surface area contributed by atoms with E-state index in [1.54, 1.807) is 0 Å². The van der Waals surface area contributed by atoms with Gasteiger partial charge in [0.15, 0.2) is 0 Å². The minimum atomic E-state index is -0.806. The van der Waals surface area contributed by atoms with Gasteiger partial charge in [0.2, 0.25) is 0 Å². The molecule has 112 valence electrons. The van der Waals surface area contributed by atoms with Crippen LogP contribution in [-0.2, 0) is 12.8 Å². The highest BCUT2D eigenvalue weighted by molar-refractivity contribution is 5.34. The van der Waals surface area contributed by atoms with E-state index in [-0.39, 0.29) is 0 Å². The van der Waals surface area contributed by atoms with Gasteiger partial charge in [0.1, 0.15) is 0 Å². The molecule has 1 N–H and O–H groups in total. The number of nitrogens with zero attached hydrogens (tertiary/aromatic N) is 1. The second-order valence-corrected chi connectivity index (χ2v) is 7.21. The average molecular weight is 283 g/mol. The minimum absolute atomic E-state index is 0.592. The van der Waals surface area contributed by atoms with Crippen LogP contribution in [0.15, 0.2) is 24.3 Å². The fraction of sp³-hybridized carbons (Fsp3) is 0.632. The minimum Gasteiger partial charge on any atom is -0.388 e. The number of hydrogen-bond acceptors (Lipinski definition) is 2. The van der Waals surface area contributed by atoms with Gasteiger partial charge >= 0.3 is 0 Å². The van der Waals surface area contributed by atoms with Crippen molar-refractivity contribution in [3.05, 3.63) is 35.4 Å². The number of hydrogen-bond donors (Lipinski definition) is 1. The predicted octanol–water partition coefficient (Wildman–Crippen LogP) is 4.02. The van der Waals surface area contributed by atoms with Crippen LogP contribution in [0.5, 0.6) is 0 Å². The van der Waals surface area contributed by atoms with E-state index in [9.17, 15) is 10.4 Å². The fourth-order valence-corrected chi connectivity index (χ4v) is 4.31. The first-order valence-corrected chi connectivity index (χ1v) is 8.29. The highest BCUT2D eigenvalue weighted by atomic mass is 16.3. The van der Waals surface area contributed by atoms with Crippen molar-refractivity contribution in [2.24, 2.45) is 11.3 Å². The van der Waals surface area contributed by atoms with Crippen LogP contribution in [0.1, 0.15) is 56.6 Å². The van der Waals surface area contributed by atoms with Crippen LogP contribution in [-0.4, -0.2) is 10.7 Å². The molecule has 0 amide bonds. The molecule has 0 spiro atoms. The molecule has 3 rings (SSSR count). The van der Waals surface area contributed by atoms with Gasteiger partial charge in [0, 0.05) is 0 Å². The summed E-state index contributed by atoms with van der Waals surface area (Å²) in [7, 11) is 0. The maximum absolute atomic E-state index is 11.3. The van der Waals surface area contributed by atoms with Gasteiger partial charge in [-0.25, -0.2) is 0 Å². The van der Waals surface area contributed by atoms with Gasteiger partial charge < -0.3 is 5.11 Å². The maximum atomic E-state index is 11.3. The van der Waals surface area contributed by atoms with Crippen LogP contribution < -0.4 is 0 Å². The van der Waals surface area contributed by atoms with Crippen molar-refractivity contribution in [2.75, 3.05) is 0 Å². The molecule has 3 unspecified atom stereocenters. The van der Waals surface area contributed by atoms with E-state index in [2.05, 4.69) is 31.2 Å². The summed E-state index contributed by atoms with van der Waals surface area (Å²) in [5.74, 6) is 0.672. The monoisotopic (exact) mass is 283 g/mol. The number of nitriles is 1. The Kier molecular flexibility index (Phi) is 3.80. The zero-order valence-electron chi connectivity index (χ0n) is 12.9. The topological polar surface area (TPSA) is 44.0 Å². The molecule has 0 bridgehead atoms. The fourth-order valence-electron chi connectivity index (χ4n) is 4.31. The molecule has 2 nitrogen and oxygen atoms in total. The molecule has 1 aromatic rings. The van der Waals surface area contributed by atoms with Crippen molar-refractivity contribution in [1.29, 1.82) is 5.26 Å². The third-order valence-corrected chi connectivity index (χ3v) is 5.87. The molecule has 0 saturated heterocycles. The largest absolute Gasteiger partial charge is 0.388 e. The molecule has 0 heterocycles. The molecule has 1 fully saturated rings. The quantitative estimate of drug-likeness (QED) is 0.791. The summed E-state index contributed by atoms with van der Waals surface area (Å²) in [6, 6.07) is 11.0. The lowest BCUT2D eigenvalue weighted by Gasteiger charge is -2.45. The Morgan fingerprint density at radius 3 is 2.67 bits per heavy atom. The first kappa shape index (κ1) is 14.6. The predicted molar refractivity (Wildman–Crippen MR) is 83.7 cm³/mol. The van der Waals surface area contributed by atoms with Crippen LogP contribution in [0, 0.1) is 22.7 Å². The first-order chi connectivity index (χ1) is 10.1. The van der Waals surface area contributed by atoms with E-state index < -0.39 is 11.0 Å². The Hall–Kier alpha value is -1.33. The SMILES string of the molecule is CC1CCCC(O)(C2(C#N)CCc3ccccc3C2)CC1. The second-order valence-electron chi connectivity index (χ2n) is 7.21. The molecular weight excluding hydrogens is 258 g/mol. The van der Waals surface area contributed by atoms with E-state index in [1.807, 2.05) is 6.07 Å². The van der Waals surface area contributed by atoms with Crippen LogP contribution >= 0.6 is 0 Å². The van der Waals surface area contributed by atoms with Crippen LogP contribution in [0.4, 0.5) is 0 Å². The smallest absolute Gasteiger partial charge is 0.0903 e. The van der Waals surface area contributed by atoms with Gasteiger partial charge in [0.05, 0.1) is 17.1 Å². The number of benzene rings is 1. The molecule has 1 saturated carbocycles. The van der Waals surface area contributed by atoms with Crippen molar-refractivity contribution >= 4 is 0 Å². The van der Waals surface area contributed by atoms with E-state index in [1.165, 1.54) is 17.5 Å². The standard InChI is InChI=1S/C19H25NO/c1-15-5-4-10-19(21,12-8-15)18(14-20)11-9-16-6-2-3-7-17(16)13-18/h2-3,6-7,15,21H,4-5,8-13H2,1H3. The van der Waals surface area contributed by atoms with Crippen molar-refractivity contribution in [3.8, 4) is 6.07 Å². The van der Waals surface area contributed by atoms with Crippen molar-refractivity contribution in [2.45, 2.75) is 63.9 Å². The Labute approximate surface area is 127 Å². The van der Waals surface area contributed by atoms with Crippen molar-refractivity contribution < 1.29 is 5.11 Å². The van der Waals surface area contributed by atoms with Gasteiger partial charge in [-0.2, -0.15) is 5.26 Å². The first-order valence-electron chi connectivity index (χ1n) is 8.29. The van der Waals surface area contributed by atoms with E-state index in [0.717, 1.165) is 38.5 Å². The molecular formula is C19H25NO. The molecule has 1 aromatic carbocycles. The van der Waals surface area contributed by atoms with E-state index >= 15 is 0 Å². The molecule has 0 aliphatic heterocycles. The third-order valence-electron chi connectivity index (χ3n) is 5.87. The summed E-state index contributed by atoms with van der Waals surface area (Å²) in [5, 5.41) is 21.3. The number of aliphatic hydroxyl groups is 1. The Balaban J connectivity index is 1.93. The lowest BCUT2D eigenvalue weighted by Crippen LogP contribution is -2.50. The summed E-state index contributed by atoms with van der Waals surface area (Å²) in [4.78, 5) is 0. The molecule has 2 heteroatoms. The van der Waals surface area contributed by atoms with Crippen LogP contribution in [0.3, 0.4) is 0 Å². The highest BCUT2D eigenvalue weighted by Crippen LogP contribution is 2.49. The highest BCUT2D eigenvalue weighted by Gasteiger charge is 2.52. The Morgan fingerprint density at radius 2 is 1.90 bits per heavy atom. The second kappa shape index (κ2) is 5.46. The summed E-state index contributed by atoms with van der Waals surface area (Å²) >= 11 is 0. The molecule has 21 heavy (non-hydrogen) atoms.